The predicted octanol–water partition coefficient (Wildman–Crippen LogP) is 3.22. The van der Waals surface area contributed by atoms with Gasteiger partial charge in [-0.2, -0.15) is 5.10 Å². The Morgan fingerprint density at radius 1 is 1.29 bits per heavy atom. The van der Waals surface area contributed by atoms with Gasteiger partial charge in [0, 0.05) is 23.7 Å². The summed E-state index contributed by atoms with van der Waals surface area (Å²) in [6.07, 6.45) is 3.29. The van der Waals surface area contributed by atoms with Gasteiger partial charge in [-0.1, -0.05) is 17.7 Å². The number of nitrogens with two attached hydrogens (primary N) is 1. The molecule has 0 spiro atoms. The number of para-hydroxylation sites is 1. The number of hydrogen-bond acceptors (Lipinski definition) is 7. The van der Waals surface area contributed by atoms with E-state index in [1.807, 2.05) is 12.1 Å². The van der Waals surface area contributed by atoms with Gasteiger partial charge in [0.25, 0.3) is 5.91 Å². The molecule has 3 aromatic heterocycles. The second kappa shape index (κ2) is 7.44. The van der Waals surface area contributed by atoms with Crippen LogP contribution < -0.4 is 21.1 Å². The maximum atomic E-state index is 12.8. The summed E-state index contributed by atoms with van der Waals surface area (Å²) >= 11 is 6.30. The standard InChI is InChI=1S/C21H18ClN7O2/c1-31-20-13(22)3-2-4-14(20)27-18-17(28-29-8-7-25-21(30)19(18)29)11-5-6-24-15-10-26-16(23)9-12(11)15/h2-6,9-10,27H,7-8H2,1H3,(H2,23,26)(H,25,30). The van der Waals surface area contributed by atoms with Gasteiger partial charge < -0.3 is 21.1 Å². The molecule has 9 nitrogen and oxygen atoms in total. The minimum atomic E-state index is -0.215. The third kappa shape index (κ3) is 3.19. The first-order valence-corrected chi connectivity index (χ1v) is 9.93. The molecule has 1 aliphatic rings. The molecule has 4 heterocycles. The van der Waals surface area contributed by atoms with Crippen molar-refractivity contribution in [1.29, 1.82) is 0 Å². The van der Waals surface area contributed by atoms with E-state index in [0.29, 0.717) is 58.0 Å². The summed E-state index contributed by atoms with van der Waals surface area (Å²) in [5.74, 6) is 0.627. The molecule has 0 radical (unpaired) electrons. The third-order valence-electron chi connectivity index (χ3n) is 5.11. The Labute approximate surface area is 182 Å². The number of rotatable bonds is 4. The van der Waals surface area contributed by atoms with Crippen LogP contribution in [0, 0.1) is 0 Å². The van der Waals surface area contributed by atoms with Crippen molar-refractivity contribution in [3.8, 4) is 17.0 Å². The van der Waals surface area contributed by atoms with E-state index in [9.17, 15) is 4.79 Å². The van der Waals surface area contributed by atoms with Crippen LogP contribution in [0.15, 0.2) is 42.7 Å². The highest BCUT2D eigenvalue weighted by Crippen LogP contribution is 2.40. The normalized spacial score (nSPS) is 13.0. The fraction of sp³-hybridized carbons (Fsp3) is 0.143. The van der Waals surface area contributed by atoms with Gasteiger partial charge in [0.2, 0.25) is 0 Å². The number of nitrogens with one attached hydrogen (secondary N) is 2. The van der Waals surface area contributed by atoms with Crippen LogP contribution in [0.5, 0.6) is 5.75 Å². The Morgan fingerprint density at radius 2 is 2.16 bits per heavy atom. The first kappa shape index (κ1) is 19.1. The fourth-order valence-corrected chi connectivity index (χ4v) is 3.99. The number of hydrogen-bond donors (Lipinski definition) is 3. The first-order valence-electron chi connectivity index (χ1n) is 9.56. The van der Waals surface area contributed by atoms with Gasteiger partial charge in [-0.15, -0.1) is 0 Å². The molecule has 1 aromatic carbocycles. The van der Waals surface area contributed by atoms with Crippen molar-refractivity contribution < 1.29 is 9.53 Å². The molecule has 0 saturated carbocycles. The average molecular weight is 436 g/mol. The maximum absolute atomic E-state index is 12.8. The number of halogens is 1. The Bertz CT molecular complexity index is 1340. The lowest BCUT2D eigenvalue weighted by Gasteiger charge is -2.17. The Kier molecular flexibility index (Phi) is 4.59. The number of methoxy groups -OCH3 is 1. The van der Waals surface area contributed by atoms with E-state index in [-0.39, 0.29) is 5.91 Å². The van der Waals surface area contributed by atoms with Gasteiger partial charge in [0.1, 0.15) is 17.2 Å². The van der Waals surface area contributed by atoms with E-state index in [2.05, 4.69) is 20.6 Å². The van der Waals surface area contributed by atoms with Crippen LogP contribution in [-0.4, -0.2) is 39.3 Å². The minimum Gasteiger partial charge on any atom is -0.493 e. The molecule has 1 amide bonds. The van der Waals surface area contributed by atoms with E-state index in [4.69, 9.17) is 27.2 Å². The minimum absolute atomic E-state index is 0.215. The third-order valence-corrected chi connectivity index (χ3v) is 5.41. The number of aromatic nitrogens is 4. The zero-order chi connectivity index (χ0) is 21.5. The van der Waals surface area contributed by atoms with Crippen molar-refractivity contribution in [3.63, 3.8) is 0 Å². The zero-order valence-corrected chi connectivity index (χ0v) is 17.3. The van der Waals surface area contributed by atoms with Crippen LogP contribution in [0.1, 0.15) is 10.5 Å². The summed E-state index contributed by atoms with van der Waals surface area (Å²) in [5.41, 5.74) is 9.55. The summed E-state index contributed by atoms with van der Waals surface area (Å²) in [7, 11) is 1.54. The van der Waals surface area contributed by atoms with Crippen molar-refractivity contribution in [2.75, 3.05) is 24.7 Å². The van der Waals surface area contributed by atoms with E-state index >= 15 is 0 Å². The van der Waals surface area contributed by atoms with Crippen molar-refractivity contribution in [2.45, 2.75) is 6.54 Å². The molecule has 31 heavy (non-hydrogen) atoms. The van der Waals surface area contributed by atoms with E-state index in [1.165, 1.54) is 0 Å². The smallest absolute Gasteiger partial charge is 0.271 e. The molecule has 0 fully saturated rings. The number of pyridine rings is 2. The Morgan fingerprint density at radius 3 is 3.00 bits per heavy atom. The lowest BCUT2D eigenvalue weighted by Crippen LogP contribution is -2.35. The van der Waals surface area contributed by atoms with Gasteiger partial charge in [-0.05, 0) is 24.3 Å². The molecular weight excluding hydrogens is 418 g/mol. The topological polar surface area (TPSA) is 120 Å². The summed E-state index contributed by atoms with van der Waals surface area (Å²) in [6, 6.07) is 8.95. The van der Waals surface area contributed by atoms with Crippen LogP contribution in [0.2, 0.25) is 5.02 Å². The number of nitrogens with zero attached hydrogens (tertiary/aromatic N) is 4. The first-order chi connectivity index (χ1) is 15.1. The number of benzene rings is 1. The molecule has 10 heteroatoms. The maximum Gasteiger partial charge on any atom is 0.271 e. The molecule has 0 unspecified atom stereocenters. The van der Waals surface area contributed by atoms with Gasteiger partial charge in [0.05, 0.1) is 41.8 Å². The molecule has 156 valence electrons. The SMILES string of the molecule is COc1c(Cl)cccc1Nc1c(-c2ccnc3cnc(N)cc23)nn2c1C(=O)NCC2. The fourth-order valence-electron chi connectivity index (χ4n) is 3.74. The van der Waals surface area contributed by atoms with E-state index in [1.54, 1.807) is 42.4 Å². The molecule has 0 aliphatic carbocycles. The molecular formula is C21H18ClN7O2. The Hall–Kier alpha value is -3.85. The summed E-state index contributed by atoms with van der Waals surface area (Å²) in [4.78, 5) is 21.3. The van der Waals surface area contributed by atoms with Gasteiger partial charge >= 0.3 is 0 Å². The number of ether oxygens (including phenoxy) is 1. The lowest BCUT2D eigenvalue weighted by atomic mass is 10.0. The van der Waals surface area contributed by atoms with Crippen LogP contribution in [0.4, 0.5) is 17.2 Å². The summed E-state index contributed by atoms with van der Waals surface area (Å²) in [6.45, 7) is 1.05. The summed E-state index contributed by atoms with van der Waals surface area (Å²) in [5, 5.41) is 12.2. The molecule has 0 saturated heterocycles. The van der Waals surface area contributed by atoms with Gasteiger partial charge in [-0.3, -0.25) is 14.5 Å². The highest BCUT2D eigenvalue weighted by molar-refractivity contribution is 6.32. The van der Waals surface area contributed by atoms with Crippen molar-refractivity contribution in [3.05, 3.63) is 53.4 Å². The largest absolute Gasteiger partial charge is 0.493 e. The van der Waals surface area contributed by atoms with Crippen LogP contribution in [0.3, 0.4) is 0 Å². The average Bonchev–Trinajstić information content (AvgIpc) is 3.13. The monoisotopic (exact) mass is 435 g/mol. The van der Waals surface area contributed by atoms with Gasteiger partial charge in [0.15, 0.2) is 5.75 Å². The number of nitrogen functional groups attached to an aromatic ring is 1. The molecule has 0 bridgehead atoms. The predicted molar refractivity (Wildman–Crippen MR) is 119 cm³/mol. The molecule has 5 rings (SSSR count). The van der Waals surface area contributed by atoms with Gasteiger partial charge in [-0.25, -0.2) is 4.98 Å². The van der Waals surface area contributed by atoms with Crippen LogP contribution >= 0.6 is 11.6 Å². The number of carbonyl (C=O) groups excluding carboxylic acids is 1. The molecule has 4 aromatic rings. The number of anilines is 3. The molecule has 1 aliphatic heterocycles. The van der Waals surface area contributed by atoms with Crippen molar-refractivity contribution >= 4 is 45.6 Å². The molecule has 0 atom stereocenters. The molecule has 4 N–H and O–H groups in total. The zero-order valence-electron chi connectivity index (χ0n) is 16.5. The number of fused-ring (bicyclic) bond motifs is 2. The number of amides is 1. The van der Waals surface area contributed by atoms with E-state index in [0.717, 1.165) is 10.9 Å². The van der Waals surface area contributed by atoms with Crippen LogP contribution in [0.25, 0.3) is 22.2 Å². The van der Waals surface area contributed by atoms with Crippen LogP contribution in [-0.2, 0) is 6.54 Å². The summed E-state index contributed by atoms with van der Waals surface area (Å²) < 4.78 is 7.17. The quantitative estimate of drug-likeness (QED) is 0.450. The van der Waals surface area contributed by atoms with Crippen molar-refractivity contribution in [2.24, 2.45) is 0 Å². The van der Waals surface area contributed by atoms with E-state index < -0.39 is 0 Å². The Balaban J connectivity index is 1.76. The highest BCUT2D eigenvalue weighted by Gasteiger charge is 2.28. The highest BCUT2D eigenvalue weighted by atomic mass is 35.5. The van der Waals surface area contributed by atoms with Crippen molar-refractivity contribution in [1.82, 2.24) is 25.1 Å². The second-order valence-corrected chi connectivity index (χ2v) is 7.39. The lowest BCUT2D eigenvalue weighted by molar-refractivity contribution is 0.0925. The second-order valence-electron chi connectivity index (χ2n) is 6.98. The number of carbonyl (C=O) groups is 1.